The second-order valence-corrected chi connectivity index (χ2v) is 9.76. The highest BCUT2D eigenvalue weighted by atomic mass is 16.3. The molecule has 0 radical (unpaired) electrons. The standard InChI is InChI=1S/C29H24N2O/c1-29(2,3)16-21-15-24-25-26(20-13-12-18-8-4-5-9-19(18)14-20)30-17-31-28(25)32-27(24)23-11-7-6-10-22(21)23/h4-15,17H,16H2,1-3H3. The molecule has 0 aliphatic rings. The first-order chi connectivity index (χ1) is 15.5. The fourth-order valence-electron chi connectivity index (χ4n) is 4.78. The van der Waals surface area contributed by atoms with Gasteiger partial charge in [0, 0.05) is 16.3 Å². The summed E-state index contributed by atoms with van der Waals surface area (Å²) in [5, 5.41) is 6.86. The van der Waals surface area contributed by atoms with Gasteiger partial charge in [-0.3, -0.25) is 0 Å². The van der Waals surface area contributed by atoms with Crippen LogP contribution in [0.1, 0.15) is 26.3 Å². The third kappa shape index (κ3) is 3.04. The minimum Gasteiger partial charge on any atom is -0.437 e. The normalized spacial score (nSPS) is 12.3. The molecule has 32 heavy (non-hydrogen) atoms. The maximum Gasteiger partial charge on any atom is 0.231 e. The molecule has 3 nitrogen and oxygen atoms in total. The number of aromatic nitrogens is 2. The quantitative estimate of drug-likeness (QED) is 0.287. The fraction of sp³-hybridized carbons (Fsp3) is 0.172. The van der Waals surface area contributed by atoms with Gasteiger partial charge >= 0.3 is 0 Å². The summed E-state index contributed by atoms with van der Waals surface area (Å²) >= 11 is 0. The van der Waals surface area contributed by atoms with E-state index in [1.165, 1.54) is 21.7 Å². The molecule has 156 valence electrons. The van der Waals surface area contributed by atoms with E-state index in [1.54, 1.807) is 6.33 Å². The maximum absolute atomic E-state index is 6.35. The molecule has 0 aliphatic heterocycles. The summed E-state index contributed by atoms with van der Waals surface area (Å²) < 4.78 is 6.35. The topological polar surface area (TPSA) is 38.9 Å². The molecular formula is C29H24N2O. The van der Waals surface area contributed by atoms with Crippen LogP contribution in [0.15, 0.2) is 83.5 Å². The Morgan fingerprint density at radius 3 is 2.31 bits per heavy atom. The molecule has 0 fully saturated rings. The second-order valence-electron chi connectivity index (χ2n) is 9.76. The number of fused-ring (bicyclic) bond motifs is 6. The van der Waals surface area contributed by atoms with E-state index in [9.17, 15) is 0 Å². The lowest BCUT2D eigenvalue weighted by atomic mass is 9.85. The zero-order valence-corrected chi connectivity index (χ0v) is 18.5. The Morgan fingerprint density at radius 1 is 0.750 bits per heavy atom. The van der Waals surface area contributed by atoms with E-state index >= 15 is 0 Å². The Bertz CT molecular complexity index is 1640. The van der Waals surface area contributed by atoms with E-state index in [4.69, 9.17) is 9.40 Å². The molecule has 0 atom stereocenters. The Labute approximate surface area is 186 Å². The molecule has 6 aromatic rings. The predicted octanol–water partition coefficient (Wildman–Crippen LogP) is 7.94. The lowest BCUT2D eigenvalue weighted by molar-refractivity contribution is 0.413. The third-order valence-electron chi connectivity index (χ3n) is 6.11. The van der Waals surface area contributed by atoms with Crippen molar-refractivity contribution in [1.82, 2.24) is 9.97 Å². The van der Waals surface area contributed by atoms with Gasteiger partial charge in [0.2, 0.25) is 5.71 Å². The molecule has 3 heteroatoms. The van der Waals surface area contributed by atoms with Crippen molar-refractivity contribution in [3.63, 3.8) is 0 Å². The van der Waals surface area contributed by atoms with Gasteiger partial charge < -0.3 is 4.42 Å². The number of rotatable bonds is 2. The first-order valence-electron chi connectivity index (χ1n) is 11.0. The van der Waals surface area contributed by atoms with Crippen LogP contribution in [0.2, 0.25) is 0 Å². The molecule has 0 amide bonds. The number of furan rings is 1. The summed E-state index contributed by atoms with van der Waals surface area (Å²) in [5.41, 5.74) is 5.01. The summed E-state index contributed by atoms with van der Waals surface area (Å²) in [6, 6.07) is 25.7. The van der Waals surface area contributed by atoms with Crippen molar-refractivity contribution in [2.45, 2.75) is 27.2 Å². The fourth-order valence-corrected chi connectivity index (χ4v) is 4.78. The van der Waals surface area contributed by atoms with Crippen LogP contribution >= 0.6 is 0 Å². The molecule has 6 rings (SSSR count). The second kappa shape index (κ2) is 6.89. The minimum absolute atomic E-state index is 0.174. The molecular weight excluding hydrogens is 392 g/mol. The zero-order valence-electron chi connectivity index (χ0n) is 18.5. The molecule has 2 heterocycles. The van der Waals surface area contributed by atoms with Crippen LogP contribution in [0.3, 0.4) is 0 Å². The van der Waals surface area contributed by atoms with Crippen LogP contribution in [0.25, 0.3) is 54.9 Å². The van der Waals surface area contributed by atoms with E-state index < -0.39 is 0 Å². The average Bonchev–Trinajstić information content (AvgIpc) is 3.17. The van der Waals surface area contributed by atoms with E-state index in [0.717, 1.165) is 39.4 Å². The van der Waals surface area contributed by atoms with Gasteiger partial charge in [0.25, 0.3) is 0 Å². The van der Waals surface area contributed by atoms with Crippen molar-refractivity contribution in [2.75, 3.05) is 0 Å². The highest BCUT2D eigenvalue weighted by Crippen LogP contribution is 2.40. The van der Waals surface area contributed by atoms with Gasteiger partial charge in [-0.15, -0.1) is 0 Å². The van der Waals surface area contributed by atoms with E-state index in [1.807, 2.05) is 0 Å². The van der Waals surface area contributed by atoms with Crippen LogP contribution in [-0.4, -0.2) is 9.97 Å². The lowest BCUT2D eigenvalue weighted by Crippen LogP contribution is -2.09. The predicted molar refractivity (Wildman–Crippen MR) is 133 cm³/mol. The van der Waals surface area contributed by atoms with Crippen LogP contribution in [0.5, 0.6) is 0 Å². The van der Waals surface area contributed by atoms with Gasteiger partial charge in [0.1, 0.15) is 11.9 Å². The first-order valence-corrected chi connectivity index (χ1v) is 11.0. The lowest BCUT2D eigenvalue weighted by Gasteiger charge is -2.19. The highest BCUT2D eigenvalue weighted by molar-refractivity contribution is 6.18. The Kier molecular flexibility index (Phi) is 4.09. The smallest absolute Gasteiger partial charge is 0.231 e. The van der Waals surface area contributed by atoms with Crippen LogP contribution in [0.4, 0.5) is 0 Å². The number of benzene rings is 4. The first kappa shape index (κ1) is 19.0. The Morgan fingerprint density at radius 2 is 1.50 bits per heavy atom. The van der Waals surface area contributed by atoms with Gasteiger partial charge in [-0.25, -0.2) is 9.97 Å². The molecule has 4 aromatic carbocycles. The summed E-state index contributed by atoms with van der Waals surface area (Å²) in [6.07, 6.45) is 2.59. The molecule has 0 aliphatic carbocycles. The molecule has 0 saturated carbocycles. The maximum atomic E-state index is 6.35. The third-order valence-corrected chi connectivity index (χ3v) is 6.11. The number of nitrogens with zero attached hydrogens (tertiary/aromatic N) is 2. The number of hydrogen-bond donors (Lipinski definition) is 0. The summed E-state index contributed by atoms with van der Waals surface area (Å²) in [7, 11) is 0. The van der Waals surface area contributed by atoms with Crippen LogP contribution in [0, 0.1) is 5.41 Å². The minimum atomic E-state index is 0.174. The average molecular weight is 417 g/mol. The van der Waals surface area contributed by atoms with Crippen molar-refractivity contribution < 1.29 is 4.42 Å². The van der Waals surface area contributed by atoms with Crippen LogP contribution in [-0.2, 0) is 6.42 Å². The summed E-state index contributed by atoms with van der Waals surface area (Å²) in [4.78, 5) is 9.22. The highest BCUT2D eigenvalue weighted by Gasteiger charge is 2.21. The Hall–Kier alpha value is -3.72. The SMILES string of the molecule is CC(C)(C)Cc1cc2c(oc3ncnc(-c4ccc5ccccc5c4)c32)c2ccccc12. The Balaban J connectivity index is 1.70. The van der Waals surface area contributed by atoms with Gasteiger partial charge in [-0.2, -0.15) is 0 Å². The molecule has 0 unspecified atom stereocenters. The zero-order chi connectivity index (χ0) is 21.9. The van der Waals surface area contributed by atoms with Gasteiger partial charge in [-0.1, -0.05) is 81.4 Å². The summed E-state index contributed by atoms with van der Waals surface area (Å²) in [5.74, 6) is 0. The molecule has 0 bridgehead atoms. The number of hydrogen-bond acceptors (Lipinski definition) is 3. The van der Waals surface area contributed by atoms with Gasteiger partial charge in [0.05, 0.1) is 11.1 Å². The van der Waals surface area contributed by atoms with Crippen molar-refractivity contribution in [1.29, 1.82) is 0 Å². The van der Waals surface area contributed by atoms with Gasteiger partial charge in [0.15, 0.2) is 0 Å². The van der Waals surface area contributed by atoms with E-state index in [2.05, 4.69) is 98.6 Å². The van der Waals surface area contributed by atoms with Crippen molar-refractivity contribution in [3.8, 4) is 11.3 Å². The van der Waals surface area contributed by atoms with E-state index in [-0.39, 0.29) is 5.41 Å². The monoisotopic (exact) mass is 416 g/mol. The van der Waals surface area contributed by atoms with Crippen molar-refractivity contribution >= 4 is 43.6 Å². The molecule has 0 spiro atoms. The molecule has 0 N–H and O–H groups in total. The summed E-state index contributed by atoms with van der Waals surface area (Å²) in [6.45, 7) is 6.84. The van der Waals surface area contributed by atoms with Crippen molar-refractivity contribution in [2.24, 2.45) is 5.41 Å². The van der Waals surface area contributed by atoms with Crippen LogP contribution < -0.4 is 0 Å². The van der Waals surface area contributed by atoms with Gasteiger partial charge in [-0.05, 0) is 45.7 Å². The largest absolute Gasteiger partial charge is 0.437 e. The van der Waals surface area contributed by atoms with E-state index in [0.29, 0.717) is 5.71 Å². The van der Waals surface area contributed by atoms with Crippen molar-refractivity contribution in [3.05, 3.63) is 84.7 Å². The molecule has 0 saturated heterocycles. The molecule has 2 aromatic heterocycles.